The van der Waals surface area contributed by atoms with Crippen molar-refractivity contribution >= 4 is 29.5 Å². The first-order chi connectivity index (χ1) is 9.38. The molecule has 0 fully saturated rings. The Hall–Kier alpha value is -2.02. The van der Waals surface area contributed by atoms with Gasteiger partial charge in [0.1, 0.15) is 5.69 Å². The highest BCUT2D eigenvalue weighted by molar-refractivity contribution is 6.30. The van der Waals surface area contributed by atoms with Crippen LogP contribution < -0.4 is 10.6 Å². The van der Waals surface area contributed by atoms with Crippen LogP contribution in [0, 0.1) is 5.92 Å². The lowest BCUT2D eigenvalue weighted by Gasteiger charge is -2.08. The number of hydrogen-bond donors (Lipinski definition) is 3. The Kier molecular flexibility index (Phi) is 6.05. The first kappa shape index (κ1) is 16.0. The molecule has 3 amide bonds. The van der Waals surface area contributed by atoms with E-state index in [1.54, 1.807) is 0 Å². The smallest absolute Gasteiger partial charge is 0.355 e. The molecule has 1 aromatic rings. The summed E-state index contributed by atoms with van der Waals surface area (Å²) in [7, 11) is 0. The molecular weight excluding hydrogens is 286 g/mol. The quantitative estimate of drug-likeness (QED) is 0.714. The second-order valence-corrected chi connectivity index (χ2v) is 4.90. The number of imide groups is 1. The second-order valence-electron chi connectivity index (χ2n) is 4.46. The van der Waals surface area contributed by atoms with E-state index >= 15 is 0 Å². The highest BCUT2D eigenvalue weighted by atomic mass is 35.5. The van der Waals surface area contributed by atoms with Gasteiger partial charge >= 0.3 is 12.0 Å². The molecule has 0 saturated heterocycles. The van der Waals surface area contributed by atoms with Crippen molar-refractivity contribution in [3.63, 3.8) is 0 Å². The highest BCUT2D eigenvalue weighted by Gasteiger charge is 2.13. The summed E-state index contributed by atoms with van der Waals surface area (Å²) in [5, 5.41) is 4.90. The molecule has 1 aromatic heterocycles. The molecule has 8 heteroatoms. The van der Waals surface area contributed by atoms with E-state index in [1.165, 1.54) is 12.3 Å². The van der Waals surface area contributed by atoms with E-state index in [4.69, 9.17) is 16.3 Å². The molecule has 0 spiro atoms. The fourth-order valence-electron chi connectivity index (χ4n) is 1.20. The van der Waals surface area contributed by atoms with Crippen LogP contribution >= 0.6 is 11.6 Å². The second kappa shape index (κ2) is 7.54. The Balaban J connectivity index is 2.29. The van der Waals surface area contributed by atoms with Crippen LogP contribution in [0.3, 0.4) is 0 Å². The van der Waals surface area contributed by atoms with Crippen LogP contribution in [0.25, 0.3) is 0 Å². The average molecular weight is 302 g/mol. The van der Waals surface area contributed by atoms with Crippen molar-refractivity contribution in [2.24, 2.45) is 5.92 Å². The number of aromatic amines is 1. The van der Waals surface area contributed by atoms with Gasteiger partial charge in [0.25, 0.3) is 5.91 Å². The standard InChI is InChI=1S/C12H16ClN3O4/c1-7(2)4-15-12(19)16-10(17)6-20-11(18)9-3-8(13)5-14-9/h3,5,7,14H,4,6H2,1-2H3,(H2,15,16,17,19). The van der Waals surface area contributed by atoms with E-state index in [0.29, 0.717) is 11.6 Å². The zero-order chi connectivity index (χ0) is 15.1. The number of urea groups is 1. The normalized spacial score (nSPS) is 10.2. The Bertz CT molecular complexity index is 499. The number of nitrogens with one attached hydrogen (secondary N) is 3. The van der Waals surface area contributed by atoms with Gasteiger partial charge in [-0.05, 0) is 12.0 Å². The number of carbonyl (C=O) groups is 3. The fourth-order valence-corrected chi connectivity index (χ4v) is 1.36. The van der Waals surface area contributed by atoms with Crippen molar-refractivity contribution in [2.75, 3.05) is 13.2 Å². The number of ether oxygens (including phenoxy) is 1. The summed E-state index contributed by atoms with van der Waals surface area (Å²) in [5.74, 6) is -1.17. The van der Waals surface area contributed by atoms with Gasteiger partial charge in [-0.25, -0.2) is 9.59 Å². The number of esters is 1. The lowest BCUT2D eigenvalue weighted by molar-refractivity contribution is -0.123. The highest BCUT2D eigenvalue weighted by Crippen LogP contribution is 2.10. The maximum Gasteiger partial charge on any atom is 0.355 e. The van der Waals surface area contributed by atoms with Crippen LogP contribution in [-0.4, -0.2) is 36.0 Å². The molecule has 0 aromatic carbocycles. The van der Waals surface area contributed by atoms with E-state index in [2.05, 4.69) is 10.3 Å². The number of halogens is 1. The summed E-state index contributed by atoms with van der Waals surface area (Å²) in [6.07, 6.45) is 1.41. The van der Waals surface area contributed by atoms with Crippen molar-refractivity contribution in [1.29, 1.82) is 0 Å². The minimum absolute atomic E-state index is 0.132. The van der Waals surface area contributed by atoms with Gasteiger partial charge in [-0.2, -0.15) is 0 Å². The number of hydrogen-bond acceptors (Lipinski definition) is 4. The molecule has 20 heavy (non-hydrogen) atoms. The number of carbonyl (C=O) groups excluding carboxylic acids is 3. The van der Waals surface area contributed by atoms with E-state index in [1.807, 2.05) is 19.2 Å². The Morgan fingerprint density at radius 2 is 2.10 bits per heavy atom. The van der Waals surface area contributed by atoms with Gasteiger partial charge in [-0.1, -0.05) is 25.4 Å². The number of H-pyrrole nitrogens is 1. The van der Waals surface area contributed by atoms with Crippen LogP contribution in [0.4, 0.5) is 4.79 Å². The fraction of sp³-hybridized carbons (Fsp3) is 0.417. The average Bonchev–Trinajstić information content (AvgIpc) is 2.80. The third kappa shape index (κ3) is 5.75. The van der Waals surface area contributed by atoms with Crippen molar-refractivity contribution in [3.8, 4) is 0 Å². The lowest BCUT2D eigenvalue weighted by Crippen LogP contribution is -2.42. The molecule has 7 nitrogen and oxygen atoms in total. The summed E-state index contributed by atoms with van der Waals surface area (Å²) < 4.78 is 4.71. The third-order valence-electron chi connectivity index (χ3n) is 2.13. The first-order valence-electron chi connectivity index (χ1n) is 5.97. The van der Waals surface area contributed by atoms with Crippen LogP contribution in [-0.2, 0) is 9.53 Å². The van der Waals surface area contributed by atoms with Crippen molar-refractivity contribution in [3.05, 3.63) is 23.0 Å². The third-order valence-corrected chi connectivity index (χ3v) is 2.34. The Morgan fingerprint density at radius 1 is 1.40 bits per heavy atom. The van der Waals surface area contributed by atoms with Crippen LogP contribution in [0.15, 0.2) is 12.3 Å². The van der Waals surface area contributed by atoms with Gasteiger partial charge in [0, 0.05) is 12.7 Å². The van der Waals surface area contributed by atoms with Crippen molar-refractivity contribution in [2.45, 2.75) is 13.8 Å². The maximum absolute atomic E-state index is 11.5. The van der Waals surface area contributed by atoms with Gasteiger partial charge in [0.05, 0.1) is 5.02 Å². The van der Waals surface area contributed by atoms with E-state index in [9.17, 15) is 14.4 Å². The van der Waals surface area contributed by atoms with Gasteiger partial charge in [-0.15, -0.1) is 0 Å². The molecule has 3 N–H and O–H groups in total. The van der Waals surface area contributed by atoms with E-state index in [0.717, 1.165) is 0 Å². The van der Waals surface area contributed by atoms with Gasteiger partial charge < -0.3 is 15.0 Å². The minimum Gasteiger partial charge on any atom is -0.451 e. The van der Waals surface area contributed by atoms with Gasteiger partial charge in [0.2, 0.25) is 0 Å². The molecule has 1 heterocycles. The number of amides is 3. The Labute approximate surface area is 121 Å². The van der Waals surface area contributed by atoms with Crippen LogP contribution in [0.1, 0.15) is 24.3 Å². The SMILES string of the molecule is CC(C)CNC(=O)NC(=O)COC(=O)c1cc(Cl)c[nH]1. The molecule has 0 aliphatic rings. The summed E-state index contributed by atoms with van der Waals surface area (Å²) in [6, 6.07) is 0.750. The first-order valence-corrected chi connectivity index (χ1v) is 6.35. The molecule has 0 atom stereocenters. The molecule has 0 aliphatic heterocycles. The number of rotatable bonds is 5. The van der Waals surface area contributed by atoms with E-state index in [-0.39, 0.29) is 11.6 Å². The van der Waals surface area contributed by atoms with Crippen molar-refractivity contribution < 1.29 is 19.1 Å². The summed E-state index contributed by atoms with van der Waals surface area (Å²) in [4.78, 5) is 36.7. The molecular formula is C12H16ClN3O4. The zero-order valence-corrected chi connectivity index (χ0v) is 11.9. The monoisotopic (exact) mass is 301 g/mol. The van der Waals surface area contributed by atoms with Crippen LogP contribution in [0.5, 0.6) is 0 Å². The lowest BCUT2D eigenvalue weighted by atomic mass is 10.2. The van der Waals surface area contributed by atoms with Gasteiger partial charge in [-0.3, -0.25) is 10.1 Å². The molecule has 0 bridgehead atoms. The zero-order valence-electron chi connectivity index (χ0n) is 11.2. The largest absolute Gasteiger partial charge is 0.451 e. The number of aromatic nitrogens is 1. The Morgan fingerprint density at radius 3 is 2.65 bits per heavy atom. The maximum atomic E-state index is 11.5. The molecule has 1 rings (SSSR count). The molecule has 0 radical (unpaired) electrons. The van der Waals surface area contributed by atoms with Gasteiger partial charge in [0.15, 0.2) is 6.61 Å². The predicted octanol–water partition coefficient (Wildman–Crippen LogP) is 1.31. The summed E-state index contributed by atoms with van der Waals surface area (Å²) in [5.41, 5.74) is 0.132. The molecule has 0 aliphatic carbocycles. The summed E-state index contributed by atoms with van der Waals surface area (Å²) in [6.45, 7) is 3.74. The predicted molar refractivity (Wildman–Crippen MR) is 72.5 cm³/mol. The molecule has 0 saturated carbocycles. The van der Waals surface area contributed by atoms with Crippen LogP contribution in [0.2, 0.25) is 5.02 Å². The topological polar surface area (TPSA) is 100 Å². The van der Waals surface area contributed by atoms with E-state index < -0.39 is 24.5 Å². The minimum atomic E-state index is -0.727. The summed E-state index contributed by atoms with van der Waals surface area (Å²) >= 11 is 5.63. The van der Waals surface area contributed by atoms with Crippen molar-refractivity contribution in [1.82, 2.24) is 15.6 Å². The molecule has 0 unspecified atom stereocenters. The molecule has 110 valence electrons.